The Morgan fingerprint density at radius 1 is 1.03 bits per heavy atom. The molecule has 2 amide bonds. The van der Waals surface area contributed by atoms with Gasteiger partial charge in [0.05, 0.1) is 34.7 Å². The van der Waals surface area contributed by atoms with Crippen LogP contribution in [0.1, 0.15) is 37.8 Å². The molecule has 0 bridgehead atoms. The maximum absolute atomic E-state index is 14.1. The third kappa shape index (κ3) is 4.27. The van der Waals surface area contributed by atoms with Crippen LogP contribution in [0.4, 0.5) is 18.9 Å². The Bertz CT molecular complexity index is 1430. The van der Waals surface area contributed by atoms with E-state index in [0.29, 0.717) is 22.5 Å². The topological polar surface area (TPSA) is 103 Å². The molecule has 33 heavy (non-hydrogen) atoms. The zero-order chi connectivity index (χ0) is 23.9. The average Bonchev–Trinajstić information content (AvgIpc) is 3.01. The molecule has 168 valence electrons. The smallest absolute Gasteiger partial charge is 0.267 e. The van der Waals surface area contributed by atoms with Crippen molar-refractivity contribution < 1.29 is 22.8 Å². The van der Waals surface area contributed by atoms with Crippen LogP contribution in [-0.4, -0.2) is 26.6 Å². The first kappa shape index (κ1) is 22.0. The normalized spacial score (nSPS) is 11.1. The number of nitrogens with one attached hydrogen (secondary N) is 1. The van der Waals surface area contributed by atoms with Gasteiger partial charge in [0.15, 0.2) is 0 Å². The molecule has 2 aromatic carbocycles. The van der Waals surface area contributed by atoms with Gasteiger partial charge < -0.3 is 11.1 Å². The molecule has 3 N–H and O–H groups in total. The van der Waals surface area contributed by atoms with Gasteiger partial charge in [-0.25, -0.2) is 18.2 Å². The minimum absolute atomic E-state index is 0.0257. The number of hydrogen-bond donors (Lipinski definition) is 2. The van der Waals surface area contributed by atoms with Crippen molar-refractivity contribution in [3.63, 3.8) is 0 Å². The maximum Gasteiger partial charge on any atom is 0.267 e. The Morgan fingerprint density at radius 3 is 2.42 bits per heavy atom. The van der Waals surface area contributed by atoms with E-state index in [1.807, 2.05) is 0 Å². The molecule has 0 saturated heterocycles. The lowest BCUT2D eigenvalue weighted by Gasteiger charge is -2.11. The molecule has 10 heteroatoms. The Balaban J connectivity index is 1.69. The number of nitrogens with zero attached hydrogens (tertiary/aromatic N) is 3. The van der Waals surface area contributed by atoms with Gasteiger partial charge in [0.1, 0.15) is 23.1 Å². The molecule has 7 nitrogen and oxygen atoms in total. The molecule has 0 fully saturated rings. The van der Waals surface area contributed by atoms with Crippen molar-refractivity contribution in [1.82, 2.24) is 14.8 Å². The fourth-order valence-corrected chi connectivity index (χ4v) is 3.54. The average molecular weight is 453 g/mol. The SMILES string of the molecule is Cc1nn(Cc2ccc(F)cc2F)c(C)c1NC(=O)c1cc(C(N)=O)nc2cc(F)ccc12. The maximum atomic E-state index is 14.1. The summed E-state index contributed by atoms with van der Waals surface area (Å²) >= 11 is 0. The largest absolute Gasteiger partial charge is 0.364 e. The summed E-state index contributed by atoms with van der Waals surface area (Å²) in [5.41, 5.74) is 6.92. The van der Waals surface area contributed by atoms with Gasteiger partial charge in [-0.15, -0.1) is 0 Å². The first-order chi connectivity index (χ1) is 15.6. The van der Waals surface area contributed by atoms with E-state index in [4.69, 9.17) is 5.73 Å². The monoisotopic (exact) mass is 453 g/mol. The molecule has 0 aliphatic rings. The number of carbonyl (C=O) groups excluding carboxylic acids is 2. The zero-order valence-electron chi connectivity index (χ0n) is 17.6. The van der Waals surface area contributed by atoms with Crippen molar-refractivity contribution >= 4 is 28.4 Å². The number of aromatic nitrogens is 3. The van der Waals surface area contributed by atoms with Crippen LogP contribution in [0.25, 0.3) is 10.9 Å². The summed E-state index contributed by atoms with van der Waals surface area (Å²) in [6.07, 6.45) is 0. The van der Waals surface area contributed by atoms with Crippen LogP contribution in [0, 0.1) is 31.3 Å². The molecule has 2 heterocycles. The van der Waals surface area contributed by atoms with Gasteiger partial charge in [-0.2, -0.15) is 5.10 Å². The number of aryl methyl sites for hydroxylation is 1. The van der Waals surface area contributed by atoms with Gasteiger partial charge >= 0.3 is 0 Å². The molecular formula is C23H18F3N5O2. The highest BCUT2D eigenvalue weighted by molar-refractivity contribution is 6.14. The predicted molar refractivity (Wildman–Crippen MR) is 115 cm³/mol. The summed E-state index contributed by atoms with van der Waals surface area (Å²) in [6, 6.07) is 8.17. The Kier molecular flexibility index (Phi) is 5.59. The third-order valence-electron chi connectivity index (χ3n) is 5.22. The Hall–Kier alpha value is -4.21. The second-order valence-electron chi connectivity index (χ2n) is 7.47. The van der Waals surface area contributed by atoms with Crippen LogP contribution in [0.15, 0.2) is 42.5 Å². The highest BCUT2D eigenvalue weighted by atomic mass is 19.1. The number of pyridine rings is 1. The summed E-state index contributed by atoms with van der Waals surface area (Å²) in [4.78, 5) is 28.8. The van der Waals surface area contributed by atoms with E-state index in [2.05, 4.69) is 15.4 Å². The molecule has 0 saturated carbocycles. The van der Waals surface area contributed by atoms with Crippen LogP contribution in [0.3, 0.4) is 0 Å². The van der Waals surface area contributed by atoms with Crippen LogP contribution in [0.2, 0.25) is 0 Å². The molecule has 0 spiro atoms. The number of benzene rings is 2. The van der Waals surface area contributed by atoms with Crippen LogP contribution in [0.5, 0.6) is 0 Å². The van der Waals surface area contributed by atoms with E-state index in [9.17, 15) is 22.8 Å². The van der Waals surface area contributed by atoms with Gasteiger partial charge in [-0.05, 0) is 38.1 Å². The highest BCUT2D eigenvalue weighted by Crippen LogP contribution is 2.25. The number of hydrogen-bond acceptors (Lipinski definition) is 4. The summed E-state index contributed by atoms with van der Waals surface area (Å²) in [5.74, 6) is -3.42. The fourth-order valence-electron chi connectivity index (χ4n) is 3.54. The molecule has 4 aromatic rings. The van der Waals surface area contributed by atoms with Crippen LogP contribution in [-0.2, 0) is 6.54 Å². The molecule has 0 unspecified atom stereocenters. The molecule has 4 rings (SSSR count). The van der Waals surface area contributed by atoms with Crippen molar-refractivity contribution in [1.29, 1.82) is 0 Å². The van der Waals surface area contributed by atoms with E-state index in [1.165, 1.54) is 28.9 Å². The fraction of sp³-hybridized carbons (Fsp3) is 0.130. The number of amides is 2. The van der Waals surface area contributed by atoms with Crippen molar-refractivity contribution in [3.8, 4) is 0 Å². The quantitative estimate of drug-likeness (QED) is 0.479. The lowest BCUT2D eigenvalue weighted by atomic mass is 10.1. The van der Waals surface area contributed by atoms with Gasteiger partial charge in [-0.3, -0.25) is 14.3 Å². The number of nitrogens with two attached hydrogens (primary N) is 1. The van der Waals surface area contributed by atoms with Crippen molar-refractivity contribution in [2.24, 2.45) is 5.73 Å². The van der Waals surface area contributed by atoms with Gasteiger partial charge in [0.25, 0.3) is 11.8 Å². The number of fused-ring (bicyclic) bond motifs is 1. The summed E-state index contributed by atoms with van der Waals surface area (Å²) in [6.45, 7) is 3.37. The number of halogens is 3. The van der Waals surface area contributed by atoms with Crippen molar-refractivity contribution in [2.45, 2.75) is 20.4 Å². The molecule has 2 aromatic heterocycles. The third-order valence-corrected chi connectivity index (χ3v) is 5.22. The zero-order valence-corrected chi connectivity index (χ0v) is 17.6. The van der Waals surface area contributed by atoms with Gasteiger partial charge in [-0.1, -0.05) is 6.07 Å². The molecule has 0 radical (unpaired) electrons. The molecular weight excluding hydrogens is 435 g/mol. The first-order valence-corrected chi connectivity index (χ1v) is 9.83. The van der Waals surface area contributed by atoms with Crippen molar-refractivity contribution in [2.75, 3.05) is 5.32 Å². The summed E-state index contributed by atoms with van der Waals surface area (Å²) < 4.78 is 42.4. The number of primary amides is 1. The van der Waals surface area contributed by atoms with E-state index in [0.717, 1.165) is 18.2 Å². The molecule has 0 aliphatic carbocycles. The lowest BCUT2D eigenvalue weighted by Crippen LogP contribution is -2.18. The standard InChI is InChI=1S/C23H18F3N5O2/c1-11-21(12(2)31(30-11)10-13-3-4-14(24)7-18(13)26)29-23(33)17-9-20(22(27)32)28-19-8-15(25)5-6-16(17)19/h3-9H,10H2,1-2H3,(H2,27,32)(H,29,33). The highest BCUT2D eigenvalue weighted by Gasteiger charge is 2.20. The lowest BCUT2D eigenvalue weighted by molar-refractivity contribution is 0.0996. The van der Waals surface area contributed by atoms with E-state index in [1.54, 1.807) is 13.8 Å². The van der Waals surface area contributed by atoms with Crippen LogP contribution < -0.4 is 11.1 Å². The summed E-state index contributed by atoms with van der Waals surface area (Å²) in [5, 5.41) is 7.42. The number of rotatable bonds is 5. The second-order valence-corrected chi connectivity index (χ2v) is 7.47. The second kappa shape index (κ2) is 8.38. The Morgan fingerprint density at radius 2 is 1.73 bits per heavy atom. The summed E-state index contributed by atoms with van der Waals surface area (Å²) in [7, 11) is 0. The number of anilines is 1. The van der Waals surface area contributed by atoms with E-state index in [-0.39, 0.29) is 28.9 Å². The van der Waals surface area contributed by atoms with E-state index >= 15 is 0 Å². The first-order valence-electron chi connectivity index (χ1n) is 9.83. The predicted octanol–water partition coefficient (Wildman–Crippen LogP) is 3.86. The van der Waals surface area contributed by atoms with Crippen molar-refractivity contribution in [3.05, 3.63) is 88.1 Å². The van der Waals surface area contributed by atoms with Gasteiger partial charge in [0.2, 0.25) is 0 Å². The van der Waals surface area contributed by atoms with Gasteiger partial charge in [0, 0.05) is 23.1 Å². The Labute approximate surface area is 186 Å². The molecule has 0 atom stereocenters. The minimum Gasteiger partial charge on any atom is -0.364 e. The number of carbonyl (C=O) groups is 2. The van der Waals surface area contributed by atoms with Crippen LogP contribution >= 0.6 is 0 Å². The molecule has 0 aliphatic heterocycles. The van der Waals surface area contributed by atoms with E-state index < -0.39 is 29.3 Å². The minimum atomic E-state index is -0.864.